The molecule has 0 aliphatic carbocycles. The van der Waals surface area contributed by atoms with Gasteiger partial charge in [-0.05, 0) is 25.1 Å². The third-order valence-electron chi connectivity index (χ3n) is 3.22. The summed E-state index contributed by atoms with van der Waals surface area (Å²) in [6.45, 7) is 1.72. The number of nitrogens with zero attached hydrogens (tertiary/aromatic N) is 3. The van der Waals surface area contributed by atoms with E-state index in [4.69, 9.17) is 4.74 Å². The molecular weight excluding hydrogens is 316 g/mol. The molecule has 0 atom stereocenters. The lowest BCUT2D eigenvalue weighted by Crippen LogP contribution is -2.02. The molecule has 9 heteroatoms. The SMILES string of the molecule is COc1cccc(/C(C)=N/Nc2ccc([N+](=O)[O-])cc2[N+](=O)[O-])c1. The summed E-state index contributed by atoms with van der Waals surface area (Å²) in [6.07, 6.45) is 0. The number of rotatable bonds is 6. The van der Waals surface area contributed by atoms with E-state index in [9.17, 15) is 20.2 Å². The monoisotopic (exact) mass is 330 g/mol. The maximum Gasteiger partial charge on any atom is 0.301 e. The van der Waals surface area contributed by atoms with Crippen molar-refractivity contribution in [2.45, 2.75) is 6.92 Å². The lowest BCUT2D eigenvalue weighted by molar-refractivity contribution is -0.393. The van der Waals surface area contributed by atoms with E-state index in [1.807, 2.05) is 6.07 Å². The molecule has 0 aromatic heterocycles. The fraction of sp³-hybridized carbons (Fsp3) is 0.133. The van der Waals surface area contributed by atoms with E-state index >= 15 is 0 Å². The maximum absolute atomic E-state index is 11.1. The number of hydrazone groups is 1. The van der Waals surface area contributed by atoms with Crippen LogP contribution in [0.4, 0.5) is 17.1 Å². The predicted molar refractivity (Wildman–Crippen MR) is 88.6 cm³/mol. The van der Waals surface area contributed by atoms with Gasteiger partial charge in [-0.1, -0.05) is 12.1 Å². The first-order valence-electron chi connectivity index (χ1n) is 6.80. The molecule has 0 saturated carbocycles. The van der Waals surface area contributed by atoms with E-state index in [-0.39, 0.29) is 11.4 Å². The van der Waals surface area contributed by atoms with Crippen LogP contribution in [-0.4, -0.2) is 22.7 Å². The Balaban J connectivity index is 2.29. The number of hydrogen-bond acceptors (Lipinski definition) is 7. The van der Waals surface area contributed by atoms with Crippen molar-refractivity contribution >= 4 is 22.8 Å². The van der Waals surface area contributed by atoms with E-state index in [1.54, 1.807) is 32.2 Å². The second-order valence-electron chi connectivity index (χ2n) is 4.76. The first-order valence-corrected chi connectivity index (χ1v) is 6.80. The van der Waals surface area contributed by atoms with E-state index in [0.717, 1.165) is 11.6 Å². The zero-order valence-electron chi connectivity index (χ0n) is 12.9. The van der Waals surface area contributed by atoms with Gasteiger partial charge in [0.05, 0.1) is 28.7 Å². The predicted octanol–water partition coefficient (Wildman–Crippen LogP) is 3.35. The summed E-state index contributed by atoms with van der Waals surface area (Å²) in [4.78, 5) is 20.4. The molecule has 0 saturated heterocycles. The molecule has 0 unspecified atom stereocenters. The Hall–Kier alpha value is -3.49. The Morgan fingerprint density at radius 2 is 1.88 bits per heavy atom. The molecule has 0 fully saturated rings. The summed E-state index contributed by atoms with van der Waals surface area (Å²) >= 11 is 0. The van der Waals surface area contributed by atoms with Crippen LogP contribution in [-0.2, 0) is 0 Å². The van der Waals surface area contributed by atoms with Gasteiger partial charge in [-0.3, -0.25) is 25.7 Å². The van der Waals surface area contributed by atoms with Crippen LogP contribution in [0.3, 0.4) is 0 Å². The topological polar surface area (TPSA) is 120 Å². The highest BCUT2D eigenvalue weighted by atomic mass is 16.6. The van der Waals surface area contributed by atoms with E-state index in [2.05, 4.69) is 10.5 Å². The van der Waals surface area contributed by atoms with Crippen LogP contribution in [0.2, 0.25) is 0 Å². The first kappa shape index (κ1) is 16.9. The van der Waals surface area contributed by atoms with Gasteiger partial charge in [0.15, 0.2) is 0 Å². The standard InChI is InChI=1S/C15H14N4O5/c1-10(11-4-3-5-13(8-11)24-2)16-17-14-7-6-12(18(20)21)9-15(14)19(22)23/h3-9,17H,1-2H3/b16-10+. The fourth-order valence-electron chi connectivity index (χ4n) is 1.94. The minimum absolute atomic E-state index is 0.0628. The fourth-order valence-corrected chi connectivity index (χ4v) is 1.94. The Bertz CT molecular complexity index is 819. The smallest absolute Gasteiger partial charge is 0.301 e. The summed E-state index contributed by atoms with van der Waals surface area (Å²) in [5, 5.41) is 25.9. The van der Waals surface area contributed by atoms with Gasteiger partial charge in [0.25, 0.3) is 5.69 Å². The number of anilines is 1. The molecule has 0 heterocycles. The Morgan fingerprint density at radius 3 is 2.50 bits per heavy atom. The minimum atomic E-state index is -0.703. The van der Waals surface area contributed by atoms with Crippen molar-refractivity contribution in [3.05, 3.63) is 68.3 Å². The van der Waals surface area contributed by atoms with Crippen molar-refractivity contribution in [2.24, 2.45) is 5.10 Å². The molecule has 0 spiro atoms. The number of nitro benzene ring substituents is 2. The third kappa shape index (κ3) is 3.83. The number of ether oxygens (including phenoxy) is 1. The Kier molecular flexibility index (Phi) is 5.05. The average Bonchev–Trinajstić information content (AvgIpc) is 2.59. The average molecular weight is 330 g/mol. The summed E-state index contributed by atoms with van der Waals surface area (Å²) in [6, 6.07) is 10.5. The summed E-state index contributed by atoms with van der Waals surface area (Å²) in [5.74, 6) is 0.656. The van der Waals surface area contributed by atoms with Crippen molar-refractivity contribution in [2.75, 3.05) is 12.5 Å². The third-order valence-corrected chi connectivity index (χ3v) is 3.22. The molecule has 24 heavy (non-hydrogen) atoms. The number of methoxy groups -OCH3 is 1. The van der Waals surface area contributed by atoms with Crippen molar-refractivity contribution in [3.8, 4) is 5.75 Å². The number of non-ortho nitro benzene ring substituents is 1. The molecule has 0 bridgehead atoms. The molecular formula is C15H14N4O5. The number of nitrogens with one attached hydrogen (secondary N) is 1. The van der Waals surface area contributed by atoms with Crippen LogP contribution in [0.5, 0.6) is 5.75 Å². The van der Waals surface area contributed by atoms with Crippen LogP contribution in [0.15, 0.2) is 47.6 Å². The van der Waals surface area contributed by atoms with Crippen LogP contribution < -0.4 is 10.2 Å². The normalized spacial score (nSPS) is 11.0. The molecule has 2 aromatic carbocycles. The quantitative estimate of drug-likeness (QED) is 0.492. The summed E-state index contributed by atoms with van der Waals surface area (Å²) in [7, 11) is 1.55. The lowest BCUT2D eigenvalue weighted by Gasteiger charge is -2.06. The van der Waals surface area contributed by atoms with Crippen LogP contribution in [0.1, 0.15) is 12.5 Å². The molecule has 2 aromatic rings. The van der Waals surface area contributed by atoms with Crippen molar-refractivity contribution in [1.29, 1.82) is 0 Å². The second-order valence-corrected chi connectivity index (χ2v) is 4.76. The molecule has 0 aliphatic heterocycles. The molecule has 0 radical (unpaired) electrons. The van der Waals surface area contributed by atoms with Gasteiger partial charge in [0.1, 0.15) is 11.4 Å². The molecule has 124 valence electrons. The van der Waals surface area contributed by atoms with Crippen LogP contribution in [0.25, 0.3) is 0 Å². The summed E-state index contributed by atoms with van der Waals surface area (Å²) < 4.78 is 5.13. The van der Waals surface area contributed by atoms with Gasteiger partial charge in [-0.25, -0.2) is 0 Å². The van der Waals surface area contributed by atoms with E-state index in [1.165, 1.54) is 12.1 Å². The highest BCUT2D eigenvalue weighted by Gasteiger charge is 2.19. The molecule has 2 rings (SSSR count). The van der Waals surface area contributed by atoms with Crippen LogP contribution in [0, 0.1) is 20.2 Å². The van der Waals surface area contributed by atoms with Crippen LogP contribution >= 0.6 is 0 Å². The maximum atomic E-state index is 11.1. The van der Waals surface area contributed by atoms with Gasteiger partial charge < -0.3 is 4.74 Å². The van der Waals surface area contributed by atoms with Crippen molar-refractivity contribution < 1.29 is 14.6 Å². The first-order chi connectivity index (χ1) is 11.4. The minimum Gasteiger partial charge on any atom is -0.497 e. The van der Waals surface area contributed by atoms with Gasteiger partial charge in [-0.2, -0.15) is 5.10 Å². The van der Waals surface area contributed by atoms with Gasteiger partial charge in [0, 0.05) is 11.6 Å². The number of benzene rings is 2. The van der Waals surface area contributed by atoms with E-state index in [0.29, 0.717) is 11.5 Å². The number of hydrogen-bond donors (Lipinski definition) is 1. The Labute approximate surface area is 136 Å². The van der Waals surface area contributed by atoms with Crippen molar-refractivity contribution in [1.82, 2.24) is 0 Å². The molecule has 1 N–H and O–H groups in total. The lowest BCUT2D eigenvalue weighted by atomic mass is 10.1. The largest absolute Gasteiger partial charge is 0.497 e. The highest BCUT2D eigenvalue weighted by Crippen LogP contribution is 2.29. The molecule has 0 amide bonds. The van der Waals surface area contributed by atoms with Gasteiger partial charge in [0.2, 0.25) is 0 Å². The highest BCUT2D eigenvalue weighted by molar-refractivity contribution is 5.99. The van der Waals surface area contributed by atoms with E-state index < -0.39 is 15.5 Å². The second kappa shape index (κ2) is 7.18. The van der Waals surface area contributed by atoms with Crippen molar-refractivity contribution in [3.63, 3.8) is 0 Å². The molecule has 0 aliphatic rings. The molecule has 9 nitrogen and oxygen atoms in total. The zero-order chi connectivity index (χ0) is 17.7. The summed E-state index contributed by atoms with van der Waals surface area (Å²) in [5.41, 5.74) is 3.20. The number of nitro groups is 2. The van der Waals surface area contributed by atoms with Gasteiger partial charge >= 0.3 is 5.69 Å². The zero-order valence-corrected chi connectivity index (χ0v) is 12.9. The van der Waals surface area contributed by atoms with Gasteiger partial charge in [-0.15, -0.1) is 0 Å². The Morgan fingerprint density at radius 1 is 1.12 bits per heavy atom.